The molecular formula is C17H22N2O5. The van der Waals surface area contributed by atoms with Crippen molar-refractivity contribution in [1.82, 2.24) is 4.90 Å². The Balaban J connectivity index is 2.41. The molecule has 0 aliphatic carbocycles. The van der Waals surface area contributed by atoms with Crippen LogP contribution in [0, 0.1) is 10.1 Å². The maximum absolute atomic E-state index is 12.7. The summed E-state index contributed by atoms with van der Waals surface area (Å²) in [6.07, 6.45) is 1.89. The normalized spacial score (nSPS) is 18.3. The standard InChI is InChI=1S/C17H22N2O5/c1-17(2,3)12-8-7-11(10-14(12)19(23)24)15(20)18-9-5-4-6-13(18)16(21)22/h7-8,10,13H,4-6,9H2,1-3H3,(H,21,22). The molecule has 0 radical (unpaired) electrons. The number of carboxylic acid groups (broad SMARTS) is 1. The summed E-state index contributed by atoms with van der Waals surface area (Å²) in [4.78, 5) is 36.2. The number of piperidine rings is 1. The van der Waals surface area contributed by atoms with Gasteiger partial charge in [0.05, 0.1) is 4.92 Å². The molecule has 1 saturated heterocycles. The van der Waals surface area contributed by atoms with Crippen molar-refractivity contribution in [3.63, 3.8) is 0 Å². The van der Waals surface area contributed by atoms with E-state index in [0.29, 0.717) is 18.5 Å². The van der Waals surface area contributed by atoms with Gasteiger partial charge in [-0.25, -0.2) is 4.79 Å². The molecule has 1 atom stereocenters. The molecular weight excluding hydrogens is 312 g/mol. The molecule has 1 aliphatic rings. The van der Waals surface area contributed by atoms with Crippen molar-refractivity contribution >= 4 is 17.6 Å². The SMILES string of the molecule is CC(C)(C)c1ccc(C(=O)N2CCCCC2C(=O)O)cc1[N+](=O)[O-]. The average Bonchev–Trinajstić information content (AvgIpc) is 2.52. The smallest absolute Gasteiger partial charge is 0.326 e. The summed E-state index contributed by atoms with van der Waals surface area (Å²) in [6, 6.07) is 3.53. The maximum atomic E-state index is 12.7. The molecule has 1 N–H and O–H groups in total. The van der Waals surface area contributed by atoms with Crippen LogP contribution >= 0.6 is 0 Å². The Bertz CT molecular complexity index is 678. The average molecular weight is 334 g/mol. The van der Waals surface area contributed by atoms with E-state index in [2.05, 4.69) is 0 Å². The van der Waals surface area contributed by atoms with Crippen molar-refractivity contribution in [2.75, 3.05) is 6.54 Å². The zero-order chi connectivity index (χ0) is 18.1. The summed E-state index contributed by atoms with van der Waals surface area (Å²) in [7, 11) is 0. The Hall–Kier alpha value is -2.44. The molecule has 1 fully saturated rings. The minimum atomic E-state index is -1.04. The first-order valence-corrected chi connectivity index (χ1v) is 7.95. The van der Waals surface area contributed by atoms with E-state index in [-0.39, 0.29) is 11.3 Å². The number of carbonyl (C=O) groups excluding carboxylic acids is 1. The lowest BCUT2D eigenvalue weighted by Crippen LogP contribution is -2.48. The van der Waals surface area contributed by atoms with Gasteiger partial charge in [-0.05, 0) is 30.7 Å². The van der Waals surface area contributed by atoms with Gasteiger partial charge in [0.15, 0.2) is 0 Å². The minimum absolute atomic E-state index is 0.114. The highest BCUT2D eigenvalue weighted by atomic mass is 16.6. The zero-order valence-electron chi connectivity index (χ0n) is 14.1. The summed E-state index contributed by atoms with van der Waals surface area (Å²) in [5.74, 6) is -1.51. The van der Waals surface area contributed by atoms with Crippen LogP contribution in [0.1, 0.15) is 56.0 Å². The number of amides is 1. The highest BCUT2D eigenvalue weighted by Gasteiger charge is 2.34. The van der Waals surface area contributed by atoms with Gasteiger partial charge in [-0.1, -0.05) is 26.8 Å². The molecule has 0 spiro atoms. The second-order valence-corrected chi connectivity index (χ2v) is 7.09. The highest BCUT2D eigenvalue weighted by Crippen LogP contribution is 2.32. The second kappa shape index (κ2) is 6.59. The van der Waals surface area contributed by atoms with Gasteiger partial charge in [0.25, 0.3) is 11.6 Å². The highest BCUT2D eigenvalue weighted by molar-refractivity contribution is 5.97. The molecule has 1 heterocycles. The van der Waals surface area contributed by atoms with E-state index < -0.39 is 28.3 Å². The molecule has 0 bridgehead atoms. The number of benzene rings is 1. The Morgan fingerprint density at radius 1 is 1.29 bits per heavy atom. The molecule has 0 aromatic heterocycles. The Kier molecular flexibility index (Phi) is 4.91. The number of hydrogen-bond acceptors (Lipinski definition) is 4. The number of nitro groups is 1. The number of nitro benzene ring substituents is 1. The van der Waals surface area contributed by atoms with E-state index in [1.54, 1.807) is 12.1 Å². The topological polar surface area (TPSA) is 101 Å². The van der Waals surface area contributed by atoms with Gasteiger partial charge in [0, 0.05) is 23.7 Å². The quantitative estimate of drug-likeness (QED) is 0.676. The van der Waals surface area contributed by atoms with Crippen molar-refractivity contribution in [2.24, 2.45) is 0 Å². The lowest BCUT2D eigenvalue weighted by molar-refractivity contribution is -0.386. The first-order valence-electron chi connectivity index (χ1n) is 7.95. The van der Waals surface area contributed by atoms with E-state index in [1.807, 2.05) is 20.8 Å². The molecule has 7 nitrogen and oxygen atoms in total. The zero-order valence-corrected chi connectivity index (χ0v) is 14.1. The van der Waals surface area contributed by atoms with Crippen LogP contribution in [0.25, 0.3) is 0 Å². The molecule has 1 aromatic rings. The summed E-state index contributed by atoms with van der Waals surface area (Å²) < 4.78 is 0. The third-order valence-corrected chi connectivity index (χ3v) is 4.30. The Labute approximate surface area is 140 Å². The lowest BCUT2D eigenvalue weighted by Gasteiger charge is -2.33. The van der Waals surface area contributed by atoms with E-state index >= 15 is 0 Å². The summed E-state index contributed by atoms with van der Waals surface area (Å²) >= 11 is 0. The summed E-state index contributed by atoms with van der Waals surface area (Å²) in [5.41, 5.74) is 0.149. The monoisotopic (exact) mass is 334 g/mol. The second-order valence-electron chi connectivity index (χ2n) is 7.09. The molecule has 130 valence electrons. The number of carboxylic acids is 1. The van der Waals surface area contributed by atoms with Gasteiger partial charge < -0.3 is 10.0 Å². The van der Waals surface area contributed by atoms with Crippen molar-refractivity contribution in [1.29, 1.82) is 0 Å². The third-order valence-electron chi connectivity index (χ3n) is 4.30. The molecule has 7 heteroatoms. The van der Waals surface area contributed by atoms with Gasteiger partial charge >= 0.3 is 5.97 Å². The van der Waals surface area contributed by atoms with Crippen molar-refractivity contribution < 1.29 is 19.6 Å². The van der Waals surface area contributed by atoms with Gasteiger partial charge in [-0.2, -0.15) is 0 Å². The third kappa shape index (κ3) is 3.55. The number of rotatable bonds is 3. The van der Waals surface area contributed by atoms with Crippen molar-refractivity contribution in [3.05, 3.63) is 39.4 Å². The van der Waals surface area contributed by atoms with Crippen LogP contribution in [0.2, 0.25) is 0 Å². The van der Waals surface area contributed by atoms with Crippen LogP contribution in [-0.2, 0) is 10.2 Å². The number of aliphatic carboxylic acids is 1. The van der Waals surface area contributed by atoms with Gasteiger partial charge in [0.2, 0.25) is 0 Å². The molecule has 1 aliphatic heterocycles. The predicted molar refractivity (Wildman–Crippen MR) is 88.1 cm³/mol. The van der Waals surface area contributed by atoms with E-state index in [1.165, 1.54) is 11.0 Å². The molecule has 1 amide bonds. The first kappa shape index (κ1) is 17.9. The number of carbonyl (C=O) groups is 2. The maximum Gasteiger partial charge on any atom is 0.326 e. The molecule has 0 saturated carbocycles. The molecule has 1 aromatic carbocycles. The fraction of sp³-hybridized carbons (Fsp3) is 0.529. The van der Waals surface area contributed by atoms with Gasteiger partial charge in [-0.15, -0.1) is 0 Å². The Morgan fingerprint density at radius 2 is 1.96 bits per heavy atom. The fourth-order valence-corrected chi connectivity index (χ4v) is 3.05. The van der Waals surface area contributed by atoms with Crippen LogP contribution in [0.4, 0.5) is 5.69 Å². The molecule has 2 rings (SSSR count). The number of hydrogen-bond donors (Lipinski definition) is 1. The largest absolute Gasteiger partial charge is 0.480 e. The summed E-state index contributed by atoms with van der Waals surface area (Å²) in [5, 5.41) is 20.7. The van der Waals surface area contributed by atoms with Crippen LogP contribution in [0.3, 0.4) is 0 Å². The first-order chi connectivity index (χ1) is 11.1. The fourth-order valence-electron chi connectivity index (χ4n) is 3.05. The van der Waals surface area contributed by atoms with E-state index in [4.69, 9.17) is 0 Å². The van der Waals surface area contributed by atoms with Gasteiger partial charge in [-0.3, -0.25) is 14.9 Å². The van der Waals surface area contributed by atoms with Crippen molar-refractivity contribution in [3.8, 4) is 0 Å². The molecule has 1 unspecified atom stereocenters. The lowest BCUT2D eigenvalue weighted by atomic mass is 9.85. The molecule has 24 heavy (non-hydrogen) atoms. The number of likely N-dealkylation sites (tertiary alicyclic amines) is 1. The van der Waals surface area contributed by atoms with Crippen LogP contribution in [0.5, 0.6) is 0 Å². The van der Waals surface area contributed by atoms with Gasteiger partial charge in [0.1, 0.15) is 6.04 Å². The Morgan fingerprint density at radius 3 is 2.50 bits per heavy atom. The minimum Gasteiger partial charge on any atom is -0.480 e. The summed E-state index contributed by atoms with van der Waals surface area (Å²) in [6.45, 7) is 5.94. The van der Waals surface area contributed by atoms with Crippen molar-refractivity contribution in [2.45, 2.75) is 51.5 Å². The predicted octanol–water partition coefficient (Wildman–Crippen LogP) is 2.97. The van der Waals surface area contributed by atoms with Crippen LogP contribution < -0.4 is 0 Å². The van der Waals surface area contributed by atoms with Crippen LogP contribution in [-0.4, -0.2) is 39.4 Å². The number of nitrogens with zero attached hydrogens (tertiary/aromatic N) is 2. The van der Waals surface area contributed by atoms with Crippen LogP contribution in [0.15, 0.2) is 18.2 Å². The van der Waals surface area contributed by atoms with E-state index in [0.717, 1.165) is 12.8 Å². The van der Waals surface area contributed by atoms with E-state index in [9.17, 15) is 24.8 Å².